The molecule has 8 heteroatoms. The number of hydroxylamine groups is 1. The third-order valence-corrected chi connectivity index (χ3v) is 7.67. The second kappa shape index (κ2) is 17.1. The van der Waals surface area contributed by atoms with E-state index in [9.17, 15) is 4.79 Å². The number of nitrogens with zero attached hydrogens (tertiary/aromatic N) is 4. The molecule has 1 aromatic heterocycles. The van der Waals surface area contributed by atoms with Crippen molar-refractivity contribution in [3.63, 3.8) is 0 Å². The number of rotatable bonds is 10. The fourth-order valence-electron chi connectivity index (χ4n) is 4.76. The van der Waals surface area contributed by atoms with E-state index in [1.54, 1.807) is 0 Å². The smallest absolute Gasteiger partial charge is 0.200 e. The molecule has 2 aromatic rings. The number of amidine groups is 1. The second-order valence-electron chi connectivity index (χ2n) is 10.5. The number of fused-ring (bicyclic) bond motifs is 1. The molecule has 4 rings (SSSR count). The summed E-state index contributed by atoms with van der Waals surface area (Å²) in [5, 5.41) is 0.370. The number of hydrogen-bond donors (Lipinski definition) is 1. The van der Waals surface area contributed by atoms with Gasteiger partial charge in [0.2, 0.25) is 0 Å². The molecule has 2 aliphatic rings. The maximum atomic E-state index is 15.4. The summed E-state index contributed by atoms with van der Waals surface area (Å²) in [4.78, 5) is 28.1. The first-order valence-electron chi connectivity index (χ1n) is 15.3. The van der Waals surface area contributed by atoms with Crippen molar-refractivity contribution < 1.29 is 9.23 Å². The van der Waals surface area contributed by atoms with Gasteiger partial charge in [-0.1, -0.05) is 72.6 Å². The van der Waals surface area contributed by atoms with Gasteiger partial charge in [-0.2, -0.15) is 0 Å². The van der Waals surface area contributed by atoms with Crippen molar-refractivity contribution in [3.05, 3.63) is 64.7 Å². The van der Waals surface area contributed by atoms with Crippen molar-refractivity contribution in [1.29, 1.82) is 0 Å². The van der Waals surface area contributed by atoms with Crippen molar-refractivity contribution in [2.75, 3.05) is 38.1 Å². The van der Waals surface area contributed by atoms with Gasteiger partial charge >= 0.3 is 0 Å². The summed E-state index contributed by atoms with van der Waals surface area (Å²) in [5.41, 5.74) is 5.36. The van der Waals surface area contributed by atoms with Gasteiger partial charge in [-0.3, -0.25) is 4.79 Å². The number of aromatic nitrogens is 1. The second-order valence-corrected chi connectivity index (χ2v) is 10.5. The van der Waals surface area contributed by atoms with E-state index >= 15 is 4.39 Å². The molecule has 1 aromatic carbocycles. The molecular weight excluding hydrogens is 517 g/mol. The van der Waals surface area contributed by atoms with Crippen molar-refractivity contribution >= 4 is 22.4 Å². The Balaban J connectivity index is 0.000000902. The average Bonchev–Trinajstić information content (AvgIpc) is 3.46. The van der Waals surface area contributed by atoms with Gasteiger partial charge in [-0.25, -0.2) is 19.7 Å². The molecule has 0 amide bonds. The van der Waals surface area contributed by atoms with Gasteiger partial charge in [0.15, 0.2) is 17.5 Å². The topological polar surface area (TPSA) is 62.1 Å². The van der Waals surface area contributed by atoms with E-state index in [0.29, 0.717) is 34.8 Å². The molecule has 1 saturated heterocycles. The van der Waals surface area contributed by atoms with Crippen LogP contribution in [0.3, 0.4) is 0 Å². The maximum Gasteiger partial charge on any atom is 0.200 e. The lowest BCUT2D eigenvalue weighted by molar-refractivity contribution is 0.0386. The van der Waals surface area contributed by atoms with Crippen LogP contribution in [0.4, 0.5) is 10.1 Å². The van der Waals surface area contributed by atoms with Gasteiger partial charge in [-0.15, -0.1) is 6.58 Å². The molecule has 228 valence electrons. The molecule has 0 aliphatic carbocycles. The first kappa shape index (κ1) is 34.2. The highest BCUT2D eigenvalue weighted by molar-refractivity contribution is 6.01. The zero-order chi connectivity index (χ0) is 30.5. The van der Waals surface area contributed by atoms with Crippen LogP contribution < -0.4 is 15.8 Å². The minimum absolute atomic E-state index is 0.241. The summed E-state index contributed by atoms with van der Waals surface area (Å²) in [5.74, 6) is 0.480. The highest BCUT2D eigenvalue weighted by atomic mass is 19.1. The van der Waals surface area contributed by atoms with Gasteiger partial charge < -0.3 is 14.4 Å². The van der Waals surface area contributed by atoms with Crippen LogP contribution in [0.25, 0.3) is 10.9 Å². The van der Waals surface area contributed by atoms with Gasteiger partial charge in [0.05, 0.1) is 16.8 Å². The van der Waals surface area contributed by atoms with Gasteiger partial charge in [0.1, 0.15) is 5.82 Å². The normalized spacial score (nSPS) is 16.9. The van der Waals surface area contributed by atoms with E-state index in [-0.39, 0.29) is 11.2 Å². The Hall–Kier alpha value is -2.97. The lowest BCUT2D eigenvalue weighted by atomic mass is 10.0. The SMILES string of the molecule is C=C(CC)CC1N=C(c2cn(CC(CC)CC)c3cc(N4CCN(C)CC4)c(F)cc3c2=O)NO1.C=CCC.CC. The minimum Gasteiger partial charge on any atom is -0.367 e. The molecule has 0 spiro atoms. The van der Waals surface area contributed by atoms with E-state index in [1.165, 1.54) is 6.07 Å². The van der Waals surface area contributed by atoms with Gasteiger partial charge in [0.25, 0.3) is 0 Å². The summed E-state index contributed by atoms with van der Waals surface area (Å²) in [7, 11) is 2.08. The van der Waals surface area contributed by atoms with E-state index in [2.05, 4.69) is 65.8 Å². The Morgan fingerprint density at radius 1 is 1.17 bits per heavy atom. The Morgan fingerprint density at radius 3 is 2.37 bits per heavy atom. The molecule has 0 radical (unpaired) electrons. The van der Waals surface area contributed by atoms with Crippen molar-refractivity contribution in [1.82, 2.24) is 14.9 Å². The Labute approximate surface area is 246 Å². The van der Waals surface area contributed by atoms with Crippen LogP contribution in [0.2, 0.25) is 0 Å². The maximum absolute atomic E-state index is 15.4. The van der Waals surface area contributed by atoms with Crippen LogP contribution in [-0.2, 0) is 11.4 Å². The van der Waals surface area contributed by atoms with E-state index < -0.39 is 6.23 Å². The molecule has 41 heavy (non-hydrogen) atoms. The molecule has 0 bridgehead atoms. The third kappa shape index (κ3) is 9.01. The molecule has 3 heterocycles. The molecular formula is C33H52FN5O2. The number of allylic oxidation sites excluding steroid dienone is 1. The molecule has 7 nitrogen and oxygen atoms in total. The number of halogens is 1. The fraction of sp³-hybridized carbons (Fsp3) is 0.576. The van der Waals surface area contributed by atoms with Crippen LogP contribution in [-0.4, -0.2) is 54.8 Å². The zero-order valence-corrected chi connectivity index (χ0v) is 26.4. The summed E-state index contributed by atoms with van der Waals surface area (Å²) in [6.45, 7) is 24.0. The Bertz CT molecular complexity index is 1230. The van der Waals surface area contributed by atoms with Crippen molar-refractivity contribution in [2.24, 2.45) is 10.9 Å². The Kier molecular flexibility index (Phi) is 14.3. The zero-order valence-electron chi connectivity index (χ0n) is 26.4. The third-order valence-electron chi connectivity index (χ3n) is 7.67. The summed E-state index contributed by atoms with van der Waals surface area (Å²) in [6.07, 6.45) is 7.88. The molecule has 2 aliphatic heterocycles. The number of piperazine rings is 1. The van der Waals surface area contributed by atoms with Crippen LogP contribution in [0, 0.1) is 11.7 Å². The quantitative estimate of drug-likeness (QED) is 0.315. The largest absolute Gasteiger partial charge is 0.367 e. The number of aliphatic imine (C=N–C) groups is 1. The first-order chi connectivity index (χ1) is 19.8. The van der Waals surface area contributed by atoms with E-state index in [1.807, 2.05) is 39.1 Å². The van der Waals surface area contributed by atoms with Crippen molar-refractivity contribution in [3.8, 4) is 0 Å². The number of likely N-dealkylation sites (N-methyl/N-ethyl adjacent to an activating group) is 1. The average molecular weight is 570 g/mol. The standard InChI is InChI=1S/C27H38FN5O2.C4H8.C2H6/c1-6-18(4)13-25-29-27(30-35-25)21-17-33(16-19(7-2)8-3)23-15-24(22(28)14-20(23)26(21)34)32-11-9-31(5)10-12-32;1-3-4-2;1-2/h14-15,17,19,25H,4,6-13,16H2,1-3,5H3,(H,29,30);3H,1,4H2,2H3;1-2H3. The molecule has 0 saturated carbocycles. The van der Waals surface area contributed by atoms with Crippen LogP contribution in [0.15, 0.2) is 52.9 Å². The summed E-state index contributed by atoms with van der Waals surface area (Å²) in [6, 6.07) is 3.27. The highest BCUT2D eigenvalue weighted by Crippen LogP contribution is 2.28. The highest BCUT2D eigenvalue weighted by Gasteiger charge is 2.25. The monoisotopic (exact) mass is 569 g/mol. The molecule has 1 atom stereocenters. The van der Waals surface area contributed by atoms with Crippen molar-refractivity contribution in [2.45, 2.75) is 86.4 Å². The predicted octanol–water partition coefficient (Wildman–Crippen LogP) is 6.90. The number of anilines is 1. The van der Waals surface area contributed by atoms with Gasteiger partial charge in [0, 0.05) is 50.7 Å². The molecule has 1 N–H and O–H groups in total. The number of nitrogens with one attached hydrogen (secondary N) is 1. The number of benzene rings is 1. The van der Waals surface area contributed by atoms with Crippen LogP contribution >= 0.6 is 0 Å². The molecule has 1 unspecified atom stereocenters. The number of pyridine rings is 1. The number of hydrogen-bond acceptors (Lipinski definition) is 6. The Morgan fingerprint density at radius 2 is 1.80 bits per heavy atom. The molecule has 1 fully saturated rings. The summed E-state index contributed by atoms with van der Waals surface area (Å²) >= 11 is 0. The van der Waals surface area contributed by atoms with E-state index in [4.69, 9.17) is 4.84 Å². The lowest BCUT2D eigenvalue weighted by Crippen LogP contribution is -2.44. The van der Waals surface area contributed by atoms with Gasteiger partial charge in [-0.05, 0) is 37.9 Å². The predicted molar refractivity (Wildman–Crippen MR) is 172 cm³/mol. The first-order valence-corrected chi connectivity index (χ1v) is 15.3. The minimum atomic E-state index is -0.420. The summed E-state index contributed by atoms with van der Waals surface area (Å²) < 4.78 is 17.5. The van der Waals surface area contributed by atoms with E-state index in [0.717, 1.165) is 69.5 Å². The van der Waals surface area contributed by atoms with Crippen LogP contribution in [0.5, 0.6) is 0 Å². The fourth-order valence-corrected chi connectivity index (χ4v) is 4.76. The lowest BCUT2D eigenvalue weighted by Gasteiger charge is -2.34. The van der Waals surface area contributed by atoms with Crippen LogP contribution in [0.1, 0.15) is 79.2 Å².